The zero-order valence-electron chi connectivity index (χ0n) is 11.1. The summed E-state index contributed by atoms with van der Waals surface area (Å²) in [4.78, 5) is 11.6. The Balaban J connectivity index is 2.89. The van der Waals surface area contributed by atoms with Crippen molar-refractivity contribution in [2.45, 2.75) is 32.8 Å². The van der Waals surface area contributed by atoms with Gasteiger partial charge in [-0.15, -0.1) is 0 Å². The molecule has 0 spiro atoms. The van der Waals surface area contributed by atoms with Gasteiger partial charge in [-0.2, -0.15) is 0 Å². The Hall–Kier alpha value is -1.55. The number of esters is 1. The molecule has 0 saturated carbocycles. The van der Waals surface area contributed by atoms with Crippen molar-refractivity contribution in [2.24, 2.45) is 0 Å². The first-order valence-corrected chi connectivity index (χ1v) is 6.12. The highest BCUT2D eigenvalue weighted by Crippen LogP contribution is 2.19. The predicted octanol–water partition coefficient (Wildman–Crippen LogP) is 2.08. The van der Waals surface area contributed by atoms with Crippen LogP contribution in [0.1, 0.15) is 25.0 Å². The predicted molar refractivity (Wildman–Crippen MR) is 68.6 cm³/mol. The lowest BCUT2D eigenvalue weighted by molar-refractivity contribution is -0.153. The van der Waals surface area contributed by atoms with Crippen LogP contribution in [0.25, 0.3) is 0 Å². The summed E-state index contributed by atoms with van der Waals surface area (Å²) < 4.78 is 10.1. The van der Waals surface area contributed by atoms with Gasteiger partial charge < -0.3 is 14.6 Å². The molecule has 1 aromatic carbocycles. The molecule has 0 amide bonds. The molecule has 1 rings (SSSR count). The van der Waals surface area contributed by atoms with E-state index in [9.17, 15) is 9.90 Å². The van der Waals surface area contributed by atoms with Crippen LogP contribution in [0.15, 0.2) is 18.2 Å². The number of hydrogen-bond donors (Lipinski definition) is 1. The minimum Gasteiger partial charge on any atom is -0.508 e. The molecular weight excluding hydrogens is 232 g/mol. The van der Waals surface area contributed by atoms with Crippen LogP contribution in [0.3, 0.4) is 0 Å². The summed E-state index contributed by atoms with van der Waals surface area (Å²) in [6.45, 7) is 4.30. The van der Waals surface area contributed by atoms with E-state index in [0.717, 1.165) is 17.5 Å². The van der Waals surface area contributed by atoms with Crippen molar-refractivity contribution >= 4 is 5.97 Å². The minimum atomic E-state index is -0.588. The monoisotopic (exact) mass is 252 g/mol. The average molecular weight is 252 g/mol. The van der Waals surface area contributed by atoms with E-state index in [-0.39, 0.29) is 11.7 Å². The molecule has 0 bridgehead atoms. The van der Waals surface area contributed by atoms with Crippen molar-refractivity contribution in [3.05, 3.63) is 29.3 Å². The summed E-state index contributed by atoms with van der Waals surface area (Å²) in [5.41, 5.74) is 2.02. The fourth-order valence-electron chi connectivity index (χ4n) is 1.88. The number of hydrogen-bond acceptors (Lipinski definition) is 4. The van der Waals surface area contributed by atoms with Gasteiger partial charge in [0, 0.05) is 13.0 Å². The van der Waals surface area contributed by atoms with Crippen molar-refractivity contribution in [1.29, 1.82) is 0 Å². The summed E-state index contributed by atoms with van der Waals surface area (Å²) in [6, 6.07) is 5.16. The third kappa shape index (κ3) is 3.74. The van der Waals surface area contributed by atoms with Crippen molar-refractivity contribution in [3.63, 3.8) is 0 Å². The Morgan fingerprint density at radius 3 is 2.61 bits per heavy atom. The van der Waals surface area contributed by atoms with E-state index in [1.165, 1.54) is 7.11 Å². The second-order valence-corrected chi connectivity index (χ2v) is 3.98. The lowest BCUT2D eigenvalue weighted by Crippen LogP contribution is -2.28. The lowest BCUT2D eigenvalue weighted by atomic mass is 9.99. The van der Waals surface area contributed by atoms with Crippen LogP contribution in [0, 0.1) is 0 Å². The molecular formula is C14H20O4. The Bertz CT molecular complexity index is 401. The van der Waals surface area contributed by atoms with Crippen molar-refractivity contribution < 1.29 is 19.4 Å². The number of methoxy groups -OCH3 is 1. The summed E-state index contributed by atoms with van der Waals surface area (Å²) in [7, 11) is 1.35. The Morgan fingerprint density at radius 1 is 1.33 bits per heavy atom. The quantitative estimate of drug-likeness (QED) is 0.787. The zero-order valence-corrected chi connectivity index (χ0v) is 11.1. The summed E-state index contributed by atoms with van der Waals surface area (Å²) >= 11 is 0. The standard InChI is InChI=1S/C14H20O4/c1-4-10-8-12(15)7-6-11(10)9-13(18-5-2)14(16)17-3/h6-8,13,15H,4-5,9H2,1-3H3. The van der Waals surface area contributed by atoms with Gasteiger partial charge in [-0.25, -0.2) is 4.79 Å². The fourth-order valence-corrected chi connectivity index (χ4v) is 1.88. The van der Waals surface area contributed by atoms with Crippen LogP contribution in [-0.2, 0) is 27.1 Å². The smallest absolute Gasteiger partial charge is 0.335 e. The van der Waals surface area contributed by atoms with Crippen LogP contribution >= 0.6 is 0 Å². The second-order valence-electron chi connectivity index (χ2n) is 3.98. The van der Waals surface area contributed by atoms with Gasteiger partial charge in [0.1, 0.15) is 5.75 Å². The zero-order chi connectivity index (χ0) is 13.5. The molecule has 0 heterocycles. The van der Waals surface area contributed by atoms with Crippen LogP contribution in [0.5, 0.6) is 5.75 Å². The van der Waals surface area contributed by atoms with Crippen LogP contribution < -0.4 is 0 Å². The Kier molecular flexibility index (Phi) is 5.65. The largest absolute Gasteiger partial charge is 0.508 e. The van der Waals surface area contributed by atoms with Gasteiger partial charge in [0.05, 0.1) is 7.11 Å². The fraction of sp³-hybridized carbons (Fsp3) is 0.500. The summed E-state index contributed by atoms with van der Waals surface area (Å²) in [6.07, 6.45) is 0.670. The summed E-state index contributed by atoms with van der Waals surface area (Å²) in [5.74, 6) is -0.131. The molecule has 1 aromatic rings. The van der Waals surface area contributed by atoms with Crippen LogP contribution in [0.2, 0.25) is 0 Å². The number of rotatable bonds is 6. The molecule has 0 radical (unpaired) electrons. The van der Waals surface area contributed by atoms with Crippen LogP contribution in [0.4, 0.5) is 0 Å². The van der Waals surface area contributed by atoms with Gasteiger partial charge in [-0.1, -0.05) is 13.0 Å². The average Bonchev–Trinajstić information content (AvgIpc) is 2.39. The maximum Gasteiger partial charge on any atom is 0.335 e. The molecule has 0 aliphatic heterocycles. The number of carbonyl (C=O) groups excluding carboxylic acids is 1. The molecule has 0 aliphatic rings. The first-order chi connectivity index (χ1) is 8.62. The number of phenols is 1. The highest BCUT2D eigenvalue weighted by atomic mass is 16.6. The van der Waals surface area contributed by atoms with E-state index in [1.54, 1.807) is 12.1 Å². The van der Waals surface area contributed by atoms with Crippen molar-refractivity contribution in [3.8, 4) is 5.75 Å². The lowest BCUT2D eigenvalue weighted by Gasteiger charge is -2.16. The van der Waals surface area contributed by atoms with E-state index in [4.69, 9.17) is 9.47 Å². The number of aryl methyl sites for hydroxylation is 1. The molecule has 0 aliphatic carbocycles. The molecule has 1 unspecified atom stereocenters. The molecule has 0 aromatic heterocycles. The van der Waals surface area contributed by atoms with E-state index in [2.05, 4.69) is 0 Å². The van der Waals surface area contributed by atoms with E-state index >= 15 is 0 Å². The molecule has 4 heteroatoms. The summed E-state index contributed by atoms with van der Waals surface area (Å²) in [5, 5.41) is 9.44. The third-order valence-electron chi connectivity index (χ3n) is 2.81. The van der Waals surface area contributed by atoms with E-state index in [0.29, 0.717) is 13.0 Å². The first kappa shape index (κ1) is 14.5. The molecule has 100 valence electrons. The maximum atomic E-state index is 11.6. The molecule has 0 fully saturated rings. The number of carbonyl (C=O) groups is 1. The molecule has 1 N–H and O–H groups in total. The van der Waals surface area contributed by atoms with Gasteiger partial charge >= 0.3 is 5.97 Å². The van der Waals surface area contributed by atoms with E-state index in [1.807, 2.05) is 19.9 Å². The van der Waals surface area contributed by atoms with Crippen LogP contribution in [-0.4, -0.2) is 30.9 Å². The number of aromatic hydroxyl groups is 1. The molecule has 0 saturated heterocycles. The van der Waals surface area contributed by atoms with Gasteiger partial charge in [0.15, 0.2) is 6.10 Å². The van der Waals surface area contributed by atoms with Gasteiger partial charge in [-0.05, 0) is 36.6 Å². The normalized spacial score (nSPS) is 12.2. The molecule has 1 atom stereocenters. The van der Waals surface area contributed by atoms with Gasteiger partial charge in [0.2, 0.25) is 0 Å². The Morgan fingerprint density at radius 2 is 2.06 bits per heavy atom. The second kappa shape index (κ2) is 7.01. The maximum absolute atomic E-state index is 11.6. The highest BCUT2D eigenvalue weighted by molar-refractivity contribution is 5.75. The van der Waals surface area contributed by atoms with Gasteiger partial charge in [-0.3, -0.25) is 0 Å². The van der Waals surface area contributed by atoms with Crippen molar-refractivity contribution in [2.75, 3.05) is 13.7 Å². The molecule has 4 nitrogen and oxygen atoms in total. The highest BCUT2D eigenvalue weighted by Gasteiger charge is 2.21. The SMILES string of the molecule is CCOC(Cc1ccc(O)cc1CC)C(=O)OC. The third-order valence-corrected chi connectivity index (χ3v) is 2.81. The number of phenolic OH excluding ortho intramolecular Hbond substituents is 1. The minimum absolute atomic E-state index is 0.238. The topological polar surface area (TPSA) is 55.8 Å². The number of ether oxygens (including phenoxy) is 2. The van der Waals surface area contributed by atoms with E-state index < -0.39 is 6.10 Å². The van der Waals surface area contributed by atoms with Crippen molar-refractivity contribution in [1.82, 2.24) is 0 Å². The number of benzene rings is 1. The van der Waals surface area contributed by atoms with Gasteiger partial charge in [0.25, 0.3) is 0 Å². The molecule has 18 heavy (non-hydrogen) atoms. The first-order valence-electron chi connectivity index (χ1n) is 6.12. The Labute approximate surface area is 108 Å².